The topological polar surface area (TPSA) is 80.3 Å². The zero-order valence-corrected chi connectivity index (χ0v) is 8.80. The number of carboxylic acids is 2. The number of rotatable bonds is 2. The van der Waals surface area contributed by atoms with Gasteiger partial charge >= 0.3 is 41.9 Å². The molecule has 0 atom stereocenters. The van der Waals surface area contributed by atoms with Crippen LogP contribution in [-0.2, 0) is 51.4 Å². The Labute approximate surface area is 79.9 Å². The average Bonchev–Trinajstić information content (AvgIpc) is 1.27. The minimum atomic E-state index is -1.63. The van der Waals surface area contributed by atoms with E-state index in [2.05, 4.69) is 0 Å². The van der Waals surface area contributed by atoms with Crippen molar-refractivity contribution in [3.05, 3.63) is 0 Å². The van der Waals surface area contributed by atoms with Gasteiger partial charge in [-0.2, -0.15) is 0 Å². The van der Waals surface area contributed by atoms with Crippen molar-refractivity contribution in [1.29, 1.82) is 0 Å². The van der Waals surface area contributed by atoms with Crippen molar-refractivity contribution in [2.45, 2.75) is 6.42 Å². The smallest absolute Gasteiger partial charge is 0.550 e. The molecule has 0 unspecified atom stereocenters. The maximum Gasteiger partial charge on any atom is 2.00 e. The van der Waals surface area contributed by atoms with Gasteiger partial charge in [-0.25, -0.2) is 0 Å². The van der Waals surface area contributed by atoms with Crippen LogP contribution in [0.25, 0.3) is 0 Å². The van der Waals surface area contributed by atoms with Crippen LogP contribution in [0.15, 0.2) is 0 Å². The number of carboxylic acid groups (broad SMARTS) is 2. The van der Waals surface area contributed by atoms with Crippen LogP contribution in [0.5, 0.6) is 0 Å². The summed E-state index contributed by atoms with van der Waals surface area (Å²) < 4.78 is 0. The second-order valence-electron chi connectivity index (χ2n) is 0.921. The van der Waals surface area contributed by atoms with Crippen LogP contribution in [0.3, 0.4) is 0 Å². The molecule has 0 aliphatic heterocycles. The van der Waals surface area contributed by atoms with E-state index in [0.717, 1.165) is 0 Å². The fraction of sp³-hybridized carbons (Fsp3) is 0.333. The summed E-state index contributed by atoms with van der Waals surface area (Å²) in [4.78, 5) is 18.6. The van der Waals surface area contributed by atoms with Gasteiger partial charge in [0.25, 0.3) is 0 Å². The van der Waals surface area contributed by atoms with Gasteiger partial charge in [0, 0.05) is 18.4 Å². The molecule has 0 aliphatic carbocycles. The van der Waals surface area contributed by atoms with Gasteiger partial charge in [-0.1, -0.05) is 0 Å². The van der Waals surface area contributed by atoms with Crippen LogP contribution < -0.4 is 10.2 Å². The van der Waals surface area contributed by atoms with Crippen molar-refractivity contribution < 1.29 is 61.7 Å². The van der Waals surface area contributed by atoms with Gasteiger partial charge in [-0.15, -0.1) is 0 Å². The Morgan fingerprint density at radius 1 is 1.11 bits per heavy atom. The summed E-state index contributed by atoms with van der Waals surface area (Å²) in [5.41, 5.74) is 0. The molecule has 0 heterocycles. The molecule has 0 fully saturated rings. The summed E-state index contributed by atoms with van der Waals surface area (Å²) in [6, 6.07) is 0. The van der Waals surface area contributed by atoms with Gasteiger partial charge < -0.3 is 19.8 Å². The zero-order chi connectivity index (χ0) is 5.86. The molecule has 0 aliphatic rings. The number of carbonyl (C=O) groups excluding carboxylic acids is 2. The number of aliphatic carboxylic acids is 2. The minimum Gasteiger partial charge on any atom is -0.550 e. The molecule has 0 aromatic heterocycles. The van der Waals surface area contributed by atoms with Crippen LogP contribution in [0.1, 0.15) is 6.42 Å². The fourth-order valence-electron chi connectivity index (χ4n) is 0.118. The van der Waals surface area contributed by atoms with E-state index in [1.54, 1.807) is 0 Å². The Balaban J connectivity index is -0.000000180. The number of carbonyl (C=O) groups is 2. The van der Waals surface area contributed by atoms with Gasteiger partial charge in [0.05, 0.1) is 0 Å². The molecular formula is C3H2AgO4Zn+. The summed E-state index contributed by atoms with van der Waals surface area (Å²) in [5, 5.41) is 18.6. The first-order valence-corrected chi connectivity index (χ1v) is 1.52. The molecule has 0 aromatic carbocycles. The SMILES string of the molecule is O=C([O-])CC(=O)[O-].[Ag+].[Zn+2]. The third kappa shape index (κ3) is 17.8. The molecule has 0 saturated heterocycles. The Morgan fingerprint density at radius 3 is 1.33 bits per heavy atom. The predicted octanol–water partition coefficient (Wildman–Crippen LogP) is -3.13. The van der Waals surface area contributed by atoms with Gasteiger partial charge in [-0.3, -0.25) is 0 Å². The van der Waals surface area contributed by atoms with Crippen LogP contribution in [0.4, 0.5) is 0 Å². The third-order valence-electron chi connectivity index (χ3n) is 0.289. The average molecular weight is 275 g/mol. The molecular weight excluding hydrogens is 273 g/mol. The van der Waals surface area contributed by atoms with E-state index in [4.69, 9.17) is 0 Å². The Hall–Kier alpha value is 0.304. The maximum absolute atomic E-state index is 9.28. The van der Waals surface area contributed by atoms with Gasteiger partial charge in [-0.05, 0) is 0 Å². The summed E-state index contributed by atoms with van der Waals surface area (Å²) in [6.45, 7) is 0. The normalized spacial score (nSPS) is 6.22. The van der Waals surface area contributed by atoms with Crippen molar-refractivity contribution in [1.82, 2.24) is 0 Å². The van der Waals surface area contributed by atoms with E-state index in [1.165, 1.54) is 0 Å². The Morgan fingerprint density at radius 2 is 1.33 bits per heavy atom. The van der Waals surface area contributed by atoms with E-state index in [1.807, 2.05) is 0 Å². The number of hydrogen-bond donors (Lipinski definition) is 0. The summed E-state index contributed by atoms with van der Waals surface area (Å²) in [5.74, 6) is -3.25. The number of hydrogen-bond acceptors (Lipinski definition) is 4. The van der Waals surface area contributed by atoms with Crippen molar-refractivity contribution in [3.8, 4) is 0 Å². The fourth-order valence-corrected chi connectivity index (χ4v) is 0.118. The third-order valence-corrected chi connectivity index (χ3v) is 0.289. The molecule has 0 amide bonds. The molecule has 0 radical (unpaired) electrons. The molecule has 0 saturated carbocycles. The summed E-state index contributed by atoms with van der Waals surface area (Å²) >= 11 is 0. The van der Waals surface area contributed by atoms with Crippen LogP contribution in [0, 0.1) is 0 Å². The standard InChI is InChI=1S/C3H4O4.Ag.Zn/c4-2(5)1-3(6)7;;/h1H2,(H,4,5)(H,6,7);;/q;+1;+2/p-2. The van der Waals surface area contributed by atoms with Crippen LogP contribution >= 0.6 is 0 Å². The molecule has 0 bridgehead atoms. The first-order valence-electron chi connectivity index (χ1n) is 1.52. The van der Waals surface area contributed by atoms with Gasteiger partial charge in [0.15, 0.2) is 0 Å². The molecule has 0 aromatic rings. The van der Waals surface area contributed by atoms with Gasteiger partial charge in [0.1, 0.15) is 0 Å². The molecule has 0 spiro atoms. The van der Waals surface area contributed by atoms with E-state index in [9.17, 15) is 19.8 Å². The van der Waals surface area contributed by atoms with E-state index in [0.29, 0.717) is 0 Å². The predicted molar refractivity (Wildman–Crippen MR) is 14.6 cm³/mol. The van der Waals surface area contributed by atoms with E-state index < -0.39 is 18.4 Å². The van der Waals surface area contributed by atoms with Crippen molar-refractivity contribution in [2.75, 3.05) is 0 Å². The second-order valence-corrected chi connectivity index (χ2v) is 0.921. The minimum absolute atomic E-state index is 0. The molecule has 6 heteroatoms. The van der Waals surface area contributed by atoms with Crippen LogP contribution in [0.2, 0.25) is 0 Å². The molecule has 0 rings (SSSR count). The molecule has 0 N–H and O–H groups in total. The van der Waals surface area contributed by atoms with E-state index >= 15 is 0 Å². The first-order chi connectivity index (χ1) is 3.13. The van der Waals surface area contributed by atoms with Gasteiger partial charge in [0.2, 0.25) is 0 Å². The Bertz CT molecular complexity index is 92.0. The second kappa shape index (κ2) is 8.30. The summed E-state index contributed by atoms with van der Waals surface area (Å²) in [6.07, 6.45) is -1.03. The molecule has 4 nitrogen and oxygen atoms in total. The monoisotopic (exact) mass is 273 g/mol. The van der Waals surface area contributed by atoms with Crippen LogP contribution in [-0.4, -0.2) is 11.9 Å². The molecule has 50 valence electrons. The quantitative estimate of drug-likeness (QED) is 0.394. The Kier molecular flexibility index (Phi) is 14.9. The van der Waals surface area contributed by atoms with Crippen molar-refractivity contribution in [2.24, 2.45) is 0 Å². The van der Waals surface area contributed by atoms with E-state index in [-0.39, 0.29) is 41.9 Å². The largest absolute Gasteiger partial charge is 2.00 e. The maximum atomic E-state index is 9.28. The van der Waals surface area contributed by atoms with Crippen molar-refractivity contribution in [3.63, 3.8) is 0 Å². The summed E-state index contributed by atoms with van der Waals surface area (Å²) in [7, 11) is 0. The zero-order valence-electron chi connectivity index (χ0n) is 4.35. The first kappa shape index (κ1) is 16.1. The van der Waals surface area contributed by atoms with Crippen molar-refractivity contribution >= 4 is 11.9 Å². The molecule has 9 heavy (non-hydrogen) atoms.